The molecule has 2 fully saturated rings. The van der Waals surface area contributed by atoms with Crippen molar-refractivity contribution in [2.45, 2.75) is 39.5 Å². The summed E-state index contributed by atoms with van der Waals surface area (Å²) in [5.41, 5.74) is 0.284. The van der Waals surface area contributed by atoms with Gasteiger partial charge in [0.05, 0.1) is 0 Å². The van der Waals surface area contributed by atoms with Gasteiger partial charge in [-0.05, 0) is 50.6 Å². The second-order valence-corrected chi connectivity index (χ2v) is 8.90. The summed E-state index contributed by atoms with van der Waals surface area (Å²) >= 11 is 0. The lowest BCUT2D eigenvalue weighted by atomic mass is 9.83. The van der Waals surface area contributed by atoms with E-state index in [-0.39, 0.29) is 5.41 Å². The van der Waals surface area contributed by atoms with Crippen LogP contribution in [0.3, 0.4) is 0 Å². The van der Waals surface area contributed by atoms with Gasteiger partial charge in [0.2, 0.25) is 0 Å². The Morgan fingerprint density at radius 2 is 1.55 bits per heavy atom. The Balaban J connectivity index is 1.92. The van der Waals surface area contributed by atoms with E-state index in [4.69, 9.17) is 0 Å². The lowest BCUT2D eigenvalue weighted by Crippen LogP contribution is -2.50. The van der Waals surface area contributed by atoms with E-state index in [0.29, 0.717) is 32.1 Å². The Kier molecular flexibility index (Phi) is 5.10. The average molecular weight is 303 g/mol. The van der Waals surface area contributed by atoms with Crippen molar-refractivity contribution >= 4 is 10.2 Å². The highest BCUT2D eigenvalue weighted by molar-refractivity contribution is 7.86. The van der Waals surface area contributed by atoms with E-state index in [9.17, 15) is 8.42 Å². The van der Waals surface area contributed by atoms with Crippen molar-refractivity contribution < 1.29 is 8.42 Å². The van der Waals surface area contributed by atoms with Crippen LogP contribution in [0.2, 0.25) is 0 Å². The lowest BCUT2D eigenvalue weighted by molar-refractivity contribution is 0.180. The summed E-state index contributed by atoms with van der Waals surface area (Å²) in [6.07, 6.45) is 3.86. The third kappa shape index (κ3) is 3.72. The van der Waals surface area contributed by atoms with Gasteiger partial charge in [0.1, 0.15) is 0 Å². The Bertz CT molecular complexity index is 404. The lowest BCUT2D eigenvalue weighted by Gasteiger charge is -2.40. The molecule has 0 bridgehead atoms. The van der Waals surface area contributed by atoms with Crippen LogP contribution < -0.4 is 5.32 Å². The molecule has 2 aliphatic rings. The summed E-state index contributed by atoms with van der Waals surface area (Å²) in [5.74, 6) is 0.617. The van der Waals surface area contributed by atoms with Gasteiger partial charge in [0, 0.05) is 26.2 Å². The summed E-state index contributed by atoms with van der Waals surface area (Å²) < 4.78 is 28.7. The van der Waals surface area contributed by atoms with Gasteiger partial charge in [-0.25, -0.2) is 0 Å². The standard InChI is InChI=1S/C14H29N3O2S/c1-14(2)6-10-17(11-7-14)20(18,19)16-8-4-13(5-9-16)12-15-3/h13,15H,4-12H2,1-3H3. The normalized spacial score (nSPS) is 26.8. The van der Waals surface area contributed by atoms with E-state index >= 15 is 0 Å². The SMILES string of the molecule is CNCC1CCN(S(=O)(=O)N2CCC(C)(C)CC2)CC1. The van der Waals surface area contributed by atoms with Crippen molar-refractivity contribution in [1.29, 1.82) is 0 Å². The third-order valence-electron chi connectivity index (χ3n) is 4.79. The maximum Gasteiger partial charge on any atom is 0.281 e. The van der Waals surface area contributed by atoms with Gasteiger partial charge in [-0.15, -0.1) is 0 Å². The molecule has 2 rings (SSSR count). The van der Waals surface area contributed by atoms with Gasteiger partial charge < -0.3 is 5.32 Å². The molecule has 0 radical (unpaired) electrons. The second-order valence-electron chi connectivity index (χ2n) is 6.97. The second kappa shape index (κ2) is 6.30. The van der Waals surface area contributed by atoms with Gasteiger partial charge in [-0.3, -0.25) is 0 Å². The fraction of sp³-hybridized carbons (Fsp3) is 1.00. The zero-order valence-corrected chi connectivity index (χ0v) is 13.9. The molecule has 20 heavy (non-hydrogen) atoms. The third-order valence-corrected chi connectivity index (χ3v) is 6.83. The van der Waals surface area contributed by atoms with Crippen LogP contribution >= 0.6 is 0 Å². The van der Waals surface area contributed by atoms with Gasteiger partial charge >= 0.3 is 0 Å². The first kappa shape index (κ1) is 16.2. The number of hydrogen-bond donors (Lipinski definition) is 1. The van der Waals surface area contributed by atoms with E-state index in [2.05, 4.69) is 19.2 Å². The van der Waals surface area contributed by atoms with Crippen molar-refractivity contribution in [3.05, 3.63) is 0 Å². The number of piperidine rings is 2. The summed E-state index contributed by atoms with van der Waals surface area (Å²) in [6.45, 7) is 8.13. The van der Waals surface area contributed by atoms with Crippen LogP contribution in [0.4, 0.5) is 0 Å². The highest BCUT2D eigenvalue weighted by Crippen LogP contribution is 2.32. The zero-order chi connectivity index (χ0) is 14.8. The van der Waals surface area contributed by atoms with Gasteiger partial charge in [0.25, 0.3) is 10.2 Å². The van der Waals surface area contributed by atoms with Crippen LogP contribution in [0.5, 0.6) is 0 Å². The number of nitrogens with zero attached hydrogens (tertiary/aromatic N) is 2. The molecule has 5 nitrogen and oxygen atoms in total. The molecule has 2 aliphatic heterocycles. The molecule has 1 N–H and O–H groups in total. The average Bonchev–Trinajstić information content (AvgIpc) is 2.39. The van der Waals surface area contributed by atoms with Crippen molar-refractivity contribution in [3.63, 3.8) is 0 Å². The fourth-order valence-electron chi connectivity index (χ4n) is 3.12. The minimum absolute atomic E-state index is 0.284. The molecule has 0 saturated carbocycles. The molecule has 0 amide bonds. The minimum atomic E-state index is -3.23. The molecule has 0 unspecified atom stereocenters. The summed E-state index contributed by atoms with van der Waals surface area (Å²) in [4.78, 5) is 0. The van der Waals surface area contributed by atoms with Crippen LogP contribution in [0.25, 0.3) is 0 Å². The summed E-state index contributed by atoms with van der Waals surface area (Å²) in [6, 6.07) is 0. The first-order chi connectivity index (χ1) is 9.35. The van der Waals surface area contributed by atoms with Crippen LogP contribution in [-0.4, -0.2) is 56.8 Å². The summed E-state index contributed by atoms with van der Waals surface area (Å²) in [7, 11) is -1.27. The Morgan fingerprint density at radius 1 is 1.05 bits per heavy atom. The molecular weight excluding hydrogens is 274 g/mol. The molecule has 118 valence electrons. The van der Waals surface area contributed by atoms with Crippen molar-refractivity contribution in [2.75, 3.05) is 39.8 Å². The van der Waals surface area contributed by atoms with Gasteiger partial charge in [-0.1, -0.05) is 13.8 Å². The molecule has 0 aromatic heterocycles. The maximum absolute atomic E-state index is 12.7. The smallest absolute Gasteiger partial charge is 0.281 e. The first-order valence-electron chi connectivity index (χ1n) is 7.75. The molecule has 2 saturated heterocycles. The number of hydrogen-bond acceptors (Lipinski definition) is 3. The minimum Gasteiger partial charge on any atom is -0.319 e. The molecular formula is C14H29N3O2S. The Hall–Kier alpha value is -0.170. The molecule has 0 spiro atoms. The van der Waals surface area contributed by atoms with Crippen LogP contribution in [0, 0.1) is 11.3 Å². The van der Waals surface area contributed by atoms with Crippen molar-refractivity contribution in [1.82, 2.24) is 13.9 Å². The quantitative estimate of drug-likeness (QED) is 0.851. The molecule has 6 heteroatoms. The van der Waals surface area contributed by atoms with Crippen LogP contribution in [0.1, 0.15) is 39.5 Å². The number of rotatable bonds is 4. The predicted molar refractivity (Wildman–Crippen MR) is 81.7 cm³/mol. The molecule has 0 atom stereocenters. The van der Waals surface area contributed by atoms with Crippen molar-refractivity contribution in [3.8, 4) is 0 Å². The Labute approximate surface area is 123 Å². The van der Waals surface area contributed by atoms with E-state index in [1.54, 1.807) is 8.61 Å². The topological polar surface area (TPSA) is 52.7 Å². The van der Waals surface area contributed by atoms with E-state index in [1.165, 1.54) is 0 Å². The molecule has 2 heterocycles. The first-order valence-corrected chi connectivity index (χ1v) is 9.15. The van der Waals surface area contributed by atoms with Crippen molar-refractivity contribution in [2.24, 2.45) is 11.3 Å². The van der Waals surface area contributed by atoms with E-state index in [0.717, 1.165) is 32.2 Å². The number of nitrogens with one attached hydrogen (secondary N) is 1. The van der Waals surface area contributed by atoms with Gasteiger partial charge in [-0.2, -0.15) is 17.0 Å². The van der Waals surface area contributed by atoms with Gasteiger partial charge in [0.15, 0.2) is 0 Å². The van der Waals surface area contributed by atoms with Crippen LogP contribution in [0.15, 0.2) is 0 Å². The fourth-order valence-corrected chi connectivity index (χ4v) is 4.76. The predicted octanol–water partition coefficient (Wildman–Crippen LogP) is 1.28. The van der Waals surface area contributed by atoms with E-state index in [1.807, 2.05) is 7.05 Å². The largest absolute Gasteiger partial charge is 0.319 e. The Morgan fingerprint density at radius 3 is 2.05 bits per heavy atom. The molecule has 0 aromatic carbocycles. The molecule has 0 aromatic rings. The monoisotopic (exact) mass is 303 g/mol. The maximum atomic E-state index is 12.7. The summed E-state index contributed by atoms with van der Waals surface area (Å²) in [5, 5.41) is 3.18. The molecule has 0 aliphatic carbocycles. The van der Waals surface area contributed by atoms with E-state index < -0.39 is 10.2 Å². The zero-order valence-electron chi connectivity index (χ0n) is 13.1. The highest BCUT2D eigenvalue weighted by Gasteiger charge is 2.36. The van der Waals surface area contributed by atoms with Crippen LogP contribution in [-0.2, 0) is 10.2 Å². The highest BCUT2D eigenvalue weighted by atomic mass is 32.2.